The van der Waals surface area contributed by atoms with E-state index in [1.165, 1.54) is 0 Å². The quantitative estimate of drug-likeness (QED) is 0.625. The van der Waals surface area contributed by atoms with Crippen molar-refractivity contribution in [1.29, 1.82) is 0 Å². The topological polar surface area (TPSA) is 42.3 Å². The van der Waals surface area contributed by atoms with Crippen LogP contribution in [0.1, 0.15) is 41.4 Å². The highest BCUT2D eigenvalue weighted by molar-refractivity contribution is 6.12. The van der Waals surface area contributed by atoms with Crippen molar-refractivity contribution >= 4 is 28.4 Å². The van der Waals surface area contributed by atoms with E-state index in [1.54, 1.807) is 0 Å². The lowest BCUT2D eigenvalue weighted by Gasteiger charge is -2.34. The number of fused-ring (bicyclic) bond motifs is 7. The van der Waals surface area contributed by atoms with E-state index < -0.39 is 5.54 Å². The minimum absolute atomic E-state index is 0.0605. The zero-order valence-electron chi connectivity index (χ0n) is 14.2. The van der Waals surface area contributed by atoms with Crippen LogP contribution >= 0.6 is 0 Å². The lowest BCUT2D eigenvalue weighted by molar-refractivity contribution is -0.117. The molecule has 4 heteroatoms. The molecule has 1 aromatic heterocycles. The van der Waals surface area contributed by atoms with E-state index in [-0.39, 0.29) is 11.8 Å². The predicted octanol–water partition coefficient (Wildman–Crippen LogP) is 3.99. The van der Waals surface area contributed by atoms with Gasteiger partial charge in [0.2, 0.25) is 5.91 Å². The van der Waals surface area contributed by atoms with Gasteiger partial charge in [-0.15, -0.1) is 0 Å². The molecule has 1 saturated heterocycles. The number of carbonyl (C=O) groups excluding carboxylic acids is 2. The lowest BCUT2D eigenvalue weighted by atomic mass is 9.93. The van der Waals surface area contributed by atoms with Crippen LogP contribution in [0.4, 0.5) is 5.69 Å². The first-order valence-electron chi connectivity index (χ1n) is 8.61. The average Bonchev–Trinajstić information content (AvgIpc) is 3.12. The zero-order valence-corrected chi connectivity index (χ0v) is 14.2. The van der Waals surface area contributed by atoms with Crippen LogP contribution in [0, 0.1) is 6.92 Å². The number of amides is 1. The molecule has 1 unspecified atom stereocenters. The Kier molecular flexibility index (Phi) is 2.66. The Balaban J connectivity index is 1.96. The van der Waals surface area contributed by atoms with Gasteiger partial charge in [-0.3, -0.25) is 14.2 Å². The Labute approximate surface area is 145 Å². The zero-order chi connectivity index (χ0) is 17.3. The summed E-state index contributed by atoms with van der Waals surface area (Å²) >= 11 is 0. The van der Waals surface area contributed by atoms with Gasteiger partial charge in [-0.1, -0.05) is 24.3 Å². The molecule has 25 heavy (non-hydrogen) atoms. The van der Waals surface area contributed by atoms with Crippen molar-refractivity contribution in [1.82, 2.24) is 4.57 Å². The molecule has 5 rings (SSSR count). The highest BCUT2D eigenvalue weighted by atomic mass is 16.2. The summed E-state index contributed by atoms with van der Waals surface area (Å²) in [6.07, 6.45) is 1.21. The molecule has 2 aliphatic rings. The molecule has 1 atom stereocenters. The standard InChI is InChI=1S/C21H18N2O2/c1-13-6-5-9-16-15(13)12-18-21(2)11-10-19(24)23(21)17-8-4-3-7-14(17)20(25)22(16)18/h3-9,12H,10-11H2,1-2H3. The third-order valence-electron chi connectivity index (χ3n) is 5.76. The van der Waals surface area contributed by atoms with Gasteiger partial charge in [-0.25, -0.2) is 0 Å². The van der Waals surface area contributed by atoms with Gasteiger partial charge in [0.05, 0.1) is 28.0 Å². The molecule has 1 fully saturated rings. The van der Waals surface area contributed by atoms with Gasteiger partial charge in [0.25, 0.3) is 5.91 Å². The summed E-state index contributed by atoms with van der Waals surface area (Å²) < 4.78 is 1.82. The maximum atomic E-state index is 13.4. The molecule has 0 radical (unpaired) electrons. The molecule has 124 valence electrons. The van der Waals surface area contributed by atoms with Gasteiger partial charge in [-0.05, 0) is 50.1 Å². The van der Waals surface area contributed by atoms with Crippen LogP contribution in [0.15, 0.2) is 48.5 Å². The monoisotopic (exact) mass is 330 g/mol. The van der Waals surface area contributed by atoms with E-state index in [4.69, 9.17) is 0 Å². The van der Waals surface area contributed by atoms with E-state index in [2.05, 4.69) is 26.0 Å². The van der Waals surface area contributed by atoms with E-state index >= 15 is 0 Å². The molecule has 3 aromatic rings. The number of aromatic nitrogens is 1. The van der Waals surface area contributed by atoms with Crippen LogP contribution in [-0.4, -0.2) is 16.4 Å². The van der Waals surface area contributed by atoms with Crippen molar-refractivity contribution in [2.45, 2.75) is 32.2 Å². The molecular weight excluding hydrogens is 312 g/mol. The van der Waals surface area contributed by atoms with Crippen molar-refractivity contribution < 1.29 is 9.59 Å². The molecule has 0 aliphatic carbocycles. The number of aryl methyl sites for hydroxylation is 1. The van der Waals surface area contributed by atoms with Crippen molar-refractivity contribution in [2.75, 3.05) is 4.90 Å². The predicted molar refractivity (Wildman–Crippen MR) is 96.9 cm³/mol. The van der Waals surface area contributed by atoms with Gasteiger partial charge in [0, 0.05) is 11.8 Å². The van der Waals surface area contributed by atoms with Crippen LogP contribution in [0.25, 0.3) is 10.9 Å². The second kappa shape index (κ2) is 4.60. The molecule has 4 nitrogen and oxygen atoms in total. The molecular formula is C21H18N2O2. The summed E-state index contributed by atoms with van der Waals surface area (Å²) in [5, 5.41) is 1.07. The van der Waals surface area contributed by atoms with Crippen LogP contribution in [0.5, 0.6) is 0 Å². The Bertz CT molecular complexity index is 1080. The van der Waals surface area contributed by atoms with E-state index in [0.717, 1.165) is 27.8 Å². The Morgan fingerprint density at radius 2 is 1.84 bits per heavy atom. The minimum atomic E-state index is -0.509. The number of anilines is 1. The number of benzene rings is 2. The third kappa shape index (κ3) is 1.66. The van der Waals surface area contributed by atoms with Crippen LogP contribution < -0.4 is 4.90 Å². The van der Waals surface area contributed by atoms with Gasteiger partial charge in [-0.2, -0.15) is 0 Å². The largest absolute Gasteiger partial charge is 0.300 e. The third-order valence-corrected chi connectivity index (χ3v) is 5.76. The molecule has 0 N–H and O–H groups in total. The summed E-state index contributed by atoms with van der Waals surface area (Å²) in [6.45, 7) is 4.13. The Morgan fingerprint density at radius 1 is 1.04 bits per heavy atom. The normalized spacial score (nSPS) is 21.9. The fourth-order valence-corrected chi connectivity index (χ4v) is 4.46. The second-order valence-corrected chi connectivity index (χ2v) is 7.20. The van der Waals surface area contributed by atoms with Gasteiger partial charge < -0.3 is 4.90 Å². The summed E-state index contributed by atoms with van der Waals surface area (Å²) in [5.74, 6) is 0.0211. The molecule has 3 heterocycles. The highest BCUT2D eigenvalue weighted by Gasteiger charge is 2.49. The fraction of sp³-hybridized carbons (Fsp3) is 0.238. The number of hydrogen-bond donors (Lipinski definition) is 0. The Morgan fingerprint density at radius 3 is 2.68 bits per heavy atom. The van der Waals surface area contributed by atoms with E-state index in [9.17, 15) is 9.59 Å². The van der Waals surface area contributed by atoms with Gasteiger partial charge >= 0.3 is 0 Å². The van der Waals surface area contributed by atoms with Crippen molar-refractivity contribution in [3.8, 4) is 0 Å². The smallest absolute Gasteiger partial charge is 0.264 e. The van der Waals surface area contributed by atoms with Crippen molar-refractivity contribution in [3.63, 3.8) is 0 Å². The summed E-state index contributed by atoms with van der Waals surface area (Å²) in [5.41, 5.74) is 3.76. The number of para-hydroxylation sites is 1. The van der Waals surface area contributed by atoms with E-state index in [0.29, 0.717) is 18.4 Å². The average molecular weight is 330 g/mol. The van der Waals surface area contributed by atoms with Crippen LogP contribution in [0.2, 0.25) is 0 Å². The number of rotatable bonds is 0. The number of carbonyl (C=O) groups is 2. The van der Waals surface area contributed by atoms with Crippen LogP contribution in [-0.2, 0) is 10.3 Å². The maximum absolute atomic E-state index is 13.4. The first-order chi connectivity index (χ1) is 12.0. The number of hydrogen-bond acceptors (Lipinski definition) is 2. The molecule has 0 spiro atoms. The van der Waals surface area contributed by atoms with Crippen LogP contribution in [0.3, 0.4) is 0 Å². The maximum Gasteiger partial charge on any atom is 0.264 e. The second-order valence-electron chi connectivity index (χ2n) is 7.20. The summed E-state index contributed by atoms with van der Waals surface area (Å²) in [6, 6.07) is 15.6. The minimum Gasteiger partial charge on any atom is -0.300 e. The first kappa shape index (κ1) is 14.5. The number of nitrogens with zero attached hydrogens (tertiary/aromatic N) is 2. The first-order valence-corrected chi connectivity index (χ1v) is 8.61. The SMILES string of the molecule is Cc1cccc2c1cc1n2C(=O)c2ccccc2N2C(=O)CCC12C. The molecule has 0 saturated carbocycles. The molecule has 2 aliphatic heterocycles. The van der Waals surface area contributed by atoms with E-state index in [1.807, 2.05) is 45.9 Å². The van der Waals surface area contributed by atoms with Crippen molar-refractivity contribution in [2.24, 2.45) is 0 Å². The van der Waals surface area contributed by atoms with Crippen molar-refractivity contribution in [3.05, 3.63) is 65.4 Å². The summed E-state index contributed by atoms with van der Waals surface area (Å²) in [4.78, 5) is 28.0. The molecule has 2 aromatic carbocycles. The molecule has 0 bridgehead atoms. The van der Waals surface area contributed by atoms with Gasteiger partial charge in [0.15, 0.2) is 0 Å². The fourth-order valence-electron chi connectivity index (χ4n) is 4.46. The summed E-state index contributed by atoms with van der Waals surface area (Å²) in [7, 11) is 0. The lowest BCUT2D eigenvalue weighted by Crippen LogP contribution is -2.41. The molecule has 1 amide bonds. The van der Waals surface area contributed by atoms with Gasteiger partial charge in [0.1, 0.15) is 0 Å². The Hall–Kier alpha value is -2.88. The highest BCUT2D eigenvalue weighted by Crippen LogP contribution is 2.47.